The predicted octanol–water partition coefficient (Wildman–Crippen LogP) is 2.59. The molecule has 0 spiro atoms. The Balaban J connectivity index is 1.77. The minimum atomic E-state index is 0.0265. The fourth-order valence-electron chi connectivity index (χ4n) is 4.34. The molecule has 2 atom stereocenters. The molecule has 2 amide bonds. The first-order valence-electron chi connectivity index (χ1n) is 8.64. The lowest BCUT2D eigenvalue weighted by Gasteiger charge is -2.27. The molecule has 3 heterocycles. The Labute approximate surface area is 141 Å². The second-order valence-electron chi connectivity index (χ2n) is 7.24. The van der Waals surface area contributed by atoms with Crippen molar-refractivity contribution in [3.05, 3.63) is 34.5 Å². The summed E-state index contributed by atoms with van der Waals surface area (Å²) < 4.78 is 0. The summed E-state index contributed by atoms with van der Waals surface area (Å²) in [5.74, 6) is 0.0876. The van der Waals surface area contributed by atoms with Gasteiger partial charge in [-0.25, -0.2) is 0 Å². The van der Waals surface area contributed by atoms with Crippen molar-refractivity contribution in [1.29, 1.82) is 0 Å². The van der Waals surface area contributed by atoms with E-state index in [4.69, 9.17) is 0 Å². The normalized spacial score (nSPS) is 23.5. The van der Waals surface area contributed by atoms with Gasteiger partial charge in [0.05, 0.1) is 0 Å². The zero-order valence-corrected chi connectivity index (χ0v) is 14.4. The smallest absolute Gasteiger partial charge is 0.271 e. The molecule has 2 fully saturated rings. The van der Waals surface area contributed by atoms with E-state index in [0.29, 0.717) is 18.7 Å². The quantitative estimate of drug-likeness (QED) is 0.846. The van der Waals surface area contributed by atoms with Crippen molar-refractivity contribution in [2.45, 2.75) is 52.1 Å². The highest BCUT2D eigenvalue weighted by Gasteiger charge is 2.41. The number of carbonyl (C=O) groups excluding carboxylic acids is 2. The Kier molecular flexibility index (Phi) is 3.41. The van der Waals surface area contributed by atoms with Gasteiger partial charge in [-0.15, -0.1) is 0 Å². The molecule has 2 saturated heterocycles. The van der Waals surface area contributed by atoms with Crippen molar-refractivity contribution in [2.24, 2.45) is 0 Å². The molecule has 1 aromatic heterocycles. The zero-order valence-electron chi connectivity index (χ0n) is 14.4. The maximum Gasteiger partial charge on any atom is 0.271 e. The summed E-state index contributed by atoms with van der Waals surface area (Å²) in [5.41, 5.74) is 5.07. The molecule has 0 saturated carbocycles. The summed E-state index contributed by atoms with van der Waals surface area (Å²) in [4.78, 5) is 30.4. The Morgan fingerprint density at radius 3 is 2.71 bits per heavy atom. The lowest BCUT2D eigenvalue weighted by Crippen LogP contribution is -2.42. The number of nitrogens with zero attached hydrogens (tertiary/aromatic N) is 1. The summed E-state index contributed by atoms with van der Waals surface area (Å²) in [6.45, 7) is 6.72. The van der Waals surface area contributed by atoms with Gasteiger partial charge in [-0.05, 0) is 50.8 Å². The number of H-pyrrole nitrogens is 1. The average Bonchev–Trinajstić information content (AvgIpc) is 3.01. The fourth-order valence-corrected chi connectivity index (χ4v) is 4.34. The molecule has 0 aliphatic carbocycles. The van der Waals surface area contributed by atoms with E-state index in [9.17, 15) is 9.59 Å². The maximum absolute atomic E-state index is 13.3. The average molecular weight is 325 g/mol. The topological polar surface area (TPSA) is 65.2 Å². The molecule has 2 N–H and O–H groups in total. The van der Waals surface area contributed by atoms with Gasteiger partial charge < -0.3 is 15.2 Å². The number of aryl methyl sites for hydroxylation is 3. The first-order chi connectivity index (χ1) is 11.5. The van der Waals surface area contributed by atoms with Crippen LogP contribution in [0.25, 0.3) is 10.9 Å². The van der Waals surface area contributed by atoms with E-state index in [2.05, 4.69) is 36.3 Å². The zero-order chi connectivity index (χ0) is 17.0. The number of nitrogens with one attached hydrogen (secondary N) is 2. The number of fused-ring (bicyclic) bond motifs is 3. The summed E-state index contributed by atoms with van der Waals surface area (Å²) in [6.07, 6.45) is 2.30. The van der Waals surface area contributed by atoms with Gasteiger partial charge in [-0.2, -0.15) is 0 Å². The molecule has 2 bridgehead atoms. The number of aromatic nitrogens is 1. The molecular formula is C19H23N3O2. The molecule has 5 nitrogen and oxygen atoms in total. The summed E-state index contributed by atoms with van der Waals surface area (Å²) in [7, 11) is 0. The molecule has 2 aliphatic rings. The van der Waals surface area contributed by atoms with Crippen molar-refractivity contribution in [1.82, 2.24) is 15.2 Å². The fraction of sp³-hybridized carbons (Fsp3) is 0.474. The Morgan fingerprint density at radius 1 is 1.17 bits per heavy atom. The van der Waals surface area contributed by atoms with E-state index < -0.39 is 0 Å². The van der Waals surface area contributed by atoms with Gasteiger partial charge in [0.25, 0.3) is 5.91 Å². The Hall–Kier alpha value is -2.30. The molecule has 126 valence electrons. The first-order valence-corrected chi connectivity index (χ1v) is 8.64. The van der Waals surface area contributed by atoms with Crippen LogP contribution < -0.4 is 5.32 Å². The minimum Gasteiger partial charge on any atom is -0.354 e. The number of aromatic amines is 1. The molecule has 24 heavy (non-hydrogen) atoms. The number of hydrogen-bond donors (Lipinski definition) is 2. The largest absolute Gasteiger partial charge is 0.354 e. The Morgan fingerprint density at radius 2 is 1.92 bits per heavy atom. The van der Waals surface area contributed by atoms with Crippen LogP contribution in [0.5, 0.6) is 0 Å². The van der Waals surface area contributed by atoms with Gasteiger partial charge in [0, 0.05) is 36.0 Å². The van der Waals surface area contributed by atoms with Crippen molar-refractivity contribution in [3.63, 3.8) is 0 Å². The number of carbonyl (C=O) groups is 2. The highest BCUT2D eigenvalue weighted by atomic mass is 16.2. The molecule has 4 rings (SSSR count). The van der Waals surface area contributed by atoms with E-state index in [-0.39, 0.29) is 23.9 Å². The maximum atomic E-state index is 13.3. The van der Waals surface area contributed by atoms with Crippen LogP contribution in [0, 0.1) is 20.8 Å². The Bertz CT molecular complexity index is 852. The second-order valence-corrected chi connectivity index (χ2v) is 7.24. The monoisotopic (exact) mass is 325 g/mol. The van der Waals surface area contributed by atoms with Crippen LogP contribution in [0.3, 0.4) is 0 Å². The van der Waals surface area contributed by atoms with Crippen LogP contribution in [-0.2, 0) is 4.79 Å². The summed E-state index contributed by atoms with van der Waals surface area (Å²) >= 11 is 0. The molecular weight excluding hydrogens is 302 g/mol. The van der Waals surface area contributed by atoms with Crippen LogP contribution in [0.2, 0.25) is 0 Å². The van der Waals surface area contributed by atoms with E-state index in [1.165, 1.54) is 5.56 Å². The molecule has 5 heteroatoms. The van der Waals surface area contributed by atoms with Gasteiger partial charge in [-0.1, -0.05) is 11.6 Å². The third kappa shape index (κ3) is 2.22. The van der Waals surface area contributed by atoms with E-state index in [1.807, 2.05) is 11.8 Å². The van der Waals surface area contributed by atoms with Crippen LogP contribution in [0.4, 0.5) is 0 Å². The van der Waals surface area contributed by atoms with Crippen molar-refractivity contribution in [2.75, 3.05) is 6.54 Å². The van der Waals surface area contributed by atoms with Crippen LogP contribution in [0.1, 0.15) is 46.4 Å². The summed E-state index contributed by atoms with van der Waals surface area (Å²) in [6, 6.07) is 4.40. The van der Waals surface area contributed by atoms with Gasteiger partial charge in [0.1, 0.15) is 5.69 Å². The highest BCUT2D eigenvalue weighted by molar-refractivity contribution is 6.02. The van der Waals surface area contributed by atoms with Crippen LogP contribution >= 0.6 is 0 Å². The first kappa shape index (κ1) is 15.2. The third-order valence-electron chi connectivity index (χ3n) is 5.53. The van der Waals surface area contributed by atoms with Gasteiger partial charge in [0.2, 0.25) is 5.91 Å². The van der Waals surface area contributed by atoms with E-state index in [1.54, 1.807) is 0 Å². The van der Waals surface area contributed by atoms with Gasteiger partial charge in [-0.3, -0.25) is 9.59 Å². The van der Waals surface area contributed by atoms with Gasteiger partial charge >= 0.3 is 0 Å². The third-order valence-corrected chi connectivity index (χ3v) is 5.53. The molecule has 2 aliphatic heterocycles. The van der Waals surface area contributed by atoms with Crippen molar-refractivity contribution < 1.29 is 9.59 Å². The number of amides is 2. The minimum absolute atomic E-state index is 0.0265. The molecule has 1 aromatic carbocycles. The second kappa shape index (κ2) is 5.36. The molecule has 0 radical (unpaired) electrons. The molecule has 0 unspecified atom stereocenters. The van der Waals surface area contributed by atoms with Crippen LogP contribution in [-0.4, -0.2) is 40.3 Å². The summed E-state index contributed by atoms with van der Waals surface area (Å²) in [5, 5.41) is 4.04. The number of hydrogen-bond acceptors (Lipinski definition) is 2. The standard InChI is InChI=1S/C19H23N3O2/c1-10-6-11(2)17-15(7-10)12(3)18(21-17)19(24)22-13-4-5-14(22)9-20-16(23)8-13/h6-7,13-14,21H,4-5,8-9H2,1-3H3,(H,20,23)/t13-,14+/m1/s1. The SMILES string of the molecule is Cc1cc(C)c2[nH]c(C(=O)N3[C@@H]4CC[C@H]3CNC(=O)C4)c(C)c2c1. The number of benzene rings is 1. The number of rotatable bonds is 1. The predicted molar refractivity (Wildman–Crippen MR) is 93.1 cm³/mol. The highest BCUT2D eigenvalue weighted by Crippen LogP contribution is 2.32. The lowest BCUT2D eigenvalue weighted by molar-refractivity contribution is -0.121. The lowest BCUT2D eigenvalue weighted by atomic mass is 10.1. The van der Waals surface area contributed by atoms with Crippen molar-refractivity contribution >= 4 is 22.7 Å². The van der Waals surface area contributed by atoms with Gasteiger partial charge in [0.15, 0.2) is 0 Å². The van der Waals surface area contributed by atoms with Crippen molar-refractivity contribution in [3.8, 4) is 0 Å². The molecule has 2 aromatic rings. The van der Waals surface area contributed by atoms with E-state index in [0.717, 1.165) is 34.9 Å². The van der Waals surface area contributed by atoms with E-state index >= 15 is 0 Å². The van der Waals surface area contributed by atoms with Crippen LogP contribution in [0.15, 0.2) is 12.1 Å².